The Morgan fingerprint density at radius 2 is 2.06 bits per heavy atom. The number of halogens is 1. The van der Waals surface area contributed by atoms with E-state index in [0.29, 0.717) is 10.9 Å². The van der Waals surface area contributed by atoms with Gasteiger partial charge in [-0.3, -0.25) is 9.79 Å². The first-order valence-corrected chi connectivity index (χ1v) is 6.44. The average molecular weight is 308 g/mol. The van der Waals surface area contributed by atoms with Crippen LogP contribution in [0.5, 0.6) is 5.75 Å². The second kappa shape index (κ2) is 3.78. The molecular formula is C8H7BrNO5P. The van der Waals surface area contributed by atoms with Gasteiger partial charge in [0.1, 0.15) is 5.75 Å². The van der Waals surface area contributed by atoms with E-state index in [1.165, 1.54) is 0 Å². The summed E-state index contributed by atoms with van der Waals surface area (Å²) < 4.78 is 16.6. The van der Waals surface area contributed by atoms with Crippen molar-refractivity contribution in [1.29, 1.82) is 0 Å². The van der Waals surface area contributed by atoms with Crippen molar-refractivity contribution in [3.8, 4) is 5.75 Å². The molecule has 0 aliphatic carbocycles. The summed E-state index contributed by atoms with van der Waals surface area (Å²) in [4.78, 5) is 17.3. The number of hydrogen-bond acceptors (Lipinski definition) is 3. The van der Waals surface area contributed by atoms with Gasteiger partial charge in [0, 0.05) is 9.86 Å². The fourth-order valence-corrected chi connectivity index (χ4v) is 2.06. The van der Waals surface area contributed by atoms with E-state index < -0.39 is 7.82 Å². The highest BCUT2D eigenvalue weighted by atomic mass is 79.9. The lowest BCUT2D eigenvalue weighted by Gasteiger charge is -2.07. The number of nitrogens with zero attached hydrogens (tertiary/aromatic N) is 1. The third-order valence-corrected chi connectivity index (χ3v) is 2.79. The van der Waals surface area contributed by atoms with Crippen LogP contribution in [0.3, 0.4) is 0 Å². The number of hydrogen-bond donors (Lipinski definition) is 3. The van der Waals surface area contributed by atoms with Gasteiger partial charge in [-0.15, -0.1) is 0 Å². The van der Waals surface area contributed by atoms with E-state index >= 15 is 0 Å². The van der Waals surface area contributed by atoms with Crippen molar-refractivity contribution in [3.05, 3.63) is 28.9 Å². The molecule has 1 aromatic carbocycles. The first-order chi connectivity index (χ1) is 7.37. The zero-order chi connectivity index (χ0) is 11.9. The van der Waals surface area contributed by atoms with Crippen molar-refractivity contribution < 1.29 is 24.1 Å². The van der Waals surface area contributed by atoms with Crippen molar-refractivity contribution in [3.63, 3.8) is 0 Å². The first-order valence-electron chi connectivity index (χ1n) is 4.12. The summed E-state index contributed by atoms with van der Waals surface area (Å²) in [6, 6.07) is 4.85. The van der Waals surface area contributed by atoms with Gasteiger partial charge in [-0.2, -0.15) is 4.73 Å². The smallest absolute Gasteiger partial charge is 0.506 e. The minimum absolute atomic E-state index is 0.121. The molecule has 0 aliphatic rings. The van der Waals surface area contributed by atoms with Crippen LogP contribution >= 0.6 is 23.8 Å². The van der Waals surface area contributed by atoms with E-state index in [1.54, 1.807) is 18.2 Å². The van der Waals surface area contributed by atoms with E-state index in [9.17, 15) is 9.67 Å². The maximum absolute atomic E-state index is 10.7. The van der Waals surface area contributed by atoms with Gasteiger partial charge in [0.2, 0.25) is 0 Å². The zero-order valence-corrected chi connectivity index (χ0v) is 10.2. The SMILES string of the molecule is O=P(O)(O)On1cc(O)c2cc(Br)ccc21. The van der Waals surface area contributed by atoms with Gasteiger partial charge in [0.15, 0.2) is 0 Å². The van der Waals surface area contributed by atoms with Crippen molar-refractivity contribution in [2.24, 2.45) is 0 Å². The van der Waals surface area contributed by atoms with Gasteiger partial charge in [-0.1, -0.05) is 15.9 Å². The first kappa shape index (κ1) is 11.5. The molecule has 86 valence electrons. The summed E-state index contributed by atoms with van der Waals surface area (Å²) in [7, 11) is -4.65. The third-order valence-electron chi connectivity index (χ3n) is 1.91. The van der Waals surface area contributed by atoms with Crippen molar-refractivity contribution in [2.45, 2.75) is 0 Å². The Morgan fingerprint density at radius 3 is 2.69 bits per heavy atom. The van der Waals surface area contributed by atoms with Crippen LogP contribution in [0.1, 0.15) is 0 Å². The molecule has 6 nitrogen and oxygen atoms in total. The Morgan fingerprint density at radius 1 is 1.38 bits per heavy atom. The summed E-state index contributed by atoms with van der Waals surface area (Å²) >= 11 is 3.22. The zero-order valence-electron chi connectivity index (χ0n) is 7.74. The topological polar surface area (TPSA) is 91.9 Å². The normalized spacial score (nSPS) is 11.9. The minimum atomic E-state index is -4.65. The highest BCUT2D eigenvalue weighted by Crippen LogP contribution is 2.35. The molecule has 2 rings (SSSR count). The Hall–Kier alpha value is -1.01. The lowest BCUT2D eigenvalue weighted by Crippen LogP contribution is -2.06. The molecule has 2 aromatic rings. The summed E-state index contributed by atoms with van der Waals surface area (Å²) in [5.41, 5.74) is 0.365. The molecule has 0 fully saturated rings. The molecule has 0 atom stereocenters. The maximum atomic E-state index is 10.7. The minimum Gasteiger partial charge on any atom is -0.506 e. The predicted octanol–water partition coefficient (Wildman–Crippen LogP) is 1.63. The molecule has 1 aromatic heterocycles. The van der Waals surface area contributed by atoms with Crippen LogP contribution in [-0.2, 0) is 4.57 Å². The Kier molecular flexibility index (Phi) is 2.71. The van der Waals surface area contributed by atoms with Gasteiger partial charge in [0.25, 0.3) is 0 Å². The summed E-state index contributed by atoms with van der Waals surface area (Å²) in [6.07, 6.45) is 1.09. The second-order valence-corrected chi connectivity index (χ2v) is 5.13. The van der Waals surface area contributed by atoms with Crippen molar-refractivity contribution >= 4 is 34.7 Å². The van der Waals surface area contributed by atoms with E-state index in [-0.39, 0.29) is 5.75 Å². The highest BCUT2D eigenvalue weighted by molar-refractivity contribution is 9.10. The van der Waals surface area contributed by atoms with Crippen molar-refractivity contribution in [2.75, 3.05) is 0 Å². The Bertz CT molecular complexity index is 589. The van der Waals surface area contributed by atoms with E-state index in [4.69, 9.17) is 9.79 Å². The number of fused-ring (bicyclic) bond motifs is 1. The monoisotopic (exact) mass is 307 g/mol. The number of aromatic hydroxyl groups is 1. The van der Waals surface area contributed by atoms with Crippen LogP contribution in [0.25, 0.3) is 10.9 Å². The number of phosphoric acid groups is 1. The van der Waals surface area contributed by atoms with Gasteiger partial charge in [-0.25, -0.2) is 4.57 Å². The van der Waals surface area contributed by atoms with Crippen LogP contribution in [0.15, 0.2) is 28.9 Å². The van der Waals surface area contributed by atoms with Crippen LogP contribution in [0.4, 0.5) is 0 Å². The molecule has 0 bridgehead atoms. The Labute approximate surface area is 98.4 Å². The molecular weight excluding hydrogens is 301 g/mol. The largest absolute Gasteiger partial charge is 0.543 e. The molecule has 0 saturated carbocycles. The predicted molar refractivity (Wildman–Crippen MR) is 59.9 cm³/mol. The third kappa shape index (κ3) is 2.22. The summed E-state index contributed by atoms with van der Waals surface area (Å²) in [5.74, 6) is -0.121. The van der Waals surface area contributed by atoms with Crippen LogP contribution in [0.2, 0.25) is 0 Å². The summed E-state index contributed by atoms with van der Waals surface area (Å²) in [5, 5.41) is 9.97. The molecule has 8 heteroatoms. The Balaban J connectivity index is 2.60. The fourth-order valence-electron chi connectivity index (χ4n) is 1.34. The van der Waals surface area contributed by atoms with Crippen LogP contribution in [-0.4, -0.2) is 19.6 Å². The van der Waals surface area contributed by atoms with Crippen molar-refractivity contribution in [1.82, 2.24) is 4.73 Å². The standard InChI is InChI=1S/C8H7BrNO5P/c9-5-1-2-7-6(3-5)8(11)4-10(7)15-16(12,13)14/h1-4,11H,(H2,12,13,14). The van der Waals surface area contributed by atoms with Gasteiger partial charge >= 0.3 is 7.82 Å². The quantitative estimate of drug-likeness (QED) is 0.733. The number of aromatic nitrogens is 1. The number of rotatable bonds is 2. The fraction of sp³-hybridized carbons (Fsp3) is 0. The van der Waals surface area contributed by atoms with Crippen LogP contribution < -0.4 is 4.62 Å². The summed E-state index contributed by atoms with van der Waals surface area (Å²) in [6.45, 7) is 0. The number of benzene rings is 1. The highest BCUT2D eigenvalue weighted by Gasteiger charge is 2.19. The maximum Gasteiger partial charge on any atom is 0.543 e. The molecule has 0 saturated heterocycles. The lowest BCUT2D eigenvalue weighted by molar-refractivity contribution is 0.184. The van der Waals surface area contributed by atoms with E-state index in [1.807, 2.05) is 0 Å². The van der Waals surface area contributed by atoms with Gasteiger partial charge < -0.3 is 9.73 Å². The molecule has 16 heavy (non-hydrogen) atoms. The average Bonchev–Trinajstić information content (AvgIpc) is 2.40. The van der Waals surface area contributed by atoms with Gasteiger partial charge in [-0.05, 0) is 18.2 Å². The van der Waals surface area contributed by atoms with E-state index in [2.05, 4.69) is 20.6 Å². The molecule has 0 radical (unpaired) electrons. The van der Waals surface area contributed by atoms with Gasteiger partial charge in [0.05, 0.1) is 11.7 Å². The molecule has 0 spiro atoms. The second-order valence-electron chi connectivity index (χ2n) is 3.07. The molecule has 1 heterocycles. The van der Waals surface area contributed by atoms with E-state index in [0.717, 1.165) is 15.4 Å². The molecule has 3 N–H and O–H groups in total. The molecule has 0 unspecified atom stereocenters. The lowest BCUT2D eigenvalue weighted by atomic mass is 10.2. The van der Waals surface area contributed by atoms with Crippen LogP contribution in [0, 0.1) is 0 Å². The molecule has 0 amide bonds. The molecule has 0 aliphatic heterocycles.